The Labute approximate surface area is 281 Å². The highest BCUT2D eigenvalue weighted by atomic mass is 32.2. The third-order valence-corrected chi connectivity index (χ3v) is 10.3. The number of carbonyl (C=O) groups is 2. The van der Waals surface area contributed by atoms with Gasteiger partial charge in [-0.05, 0) is 48.7 Å². The average molecular weight is 674 g/mol. The fourth-order valence-corrected chi connectivity index (χ4v) is 7.39. The van der Waals surface area contributed by atoms with Crippen molar-refractivity contribution < 1.29 is 31.9 Å². The largest absolute Gasteiger partial charge is 0.493 e. The second-order valence-corrected chi connectivity index (χ2v) is 13.5. The third kappa shape index (κ3) is 8.14. The Bertz CT molecular complexity index is 1800. The van der Waals surface area contributed by atoms with Crippen molar-refractivity contribution in [3.8, 4) is 11.5 Å². The minimum absolute atomic E-state index is 0.0342. The monoisotopic (exact) mass is 673 g/mol. The molecule has 0 saturated heterocycles. The van der Waals surface area contributed by atoms with Crippen LogP contribution < -0.4 is 19.1 Å². The van der Waals surface area contributed by atoms with Crippen LogP contribution in [0.1, 0.15) is 36.8 Å². The second-order valence-electron chi connectivity index (χ2n) is 11.7. The Morgan fingerprint density at radius 1 is 0.854 bits per heavy atom. The standard InChI is InChI=1S/C37H40FN3O6S/c1-46-34-22-21-30(24-35(34)47-2)41(48(44,45)31-18-7-4-8-19-31)26-36(42)40(25-28-15-9-12-20-32(28)38)33(23-27-13-5-3-6-14-27)37(43)39-29-16-10-11-17-29/h3-9,12-15,18-22,24,29,33H,10-11,16-17,23,25-26H2,1-2H3,(H,39,43)/t33-/m0/s1. The average Bonchev–Trinajstić information content (AvgIpc) is 3.62. The van der Waals surface area contributed by atoms with Crippen molar-refractivity contribution in [3.63, 3.8) is 0 Å². The number of rotatable bonds is 14. The van der Waals surface area contributed by atoms with Crippen LogP contribution in [0.25, 0.3) is 0 Å². The quantitative estimate of drug-likeness (QED) is 0.183. The molecule has 252 valence electrons. The van der Waals surface area contributed by atoms with Crippen LogP contribution in [-0.4, -0.2) is 58.0 Å². The predicted molar refractivity (Wildman–Crippen MR) is 182 cm³/mol. The molecule has 1 aliphatic rings. The highest BCUT2D eigenvalue weighted by Gasteiger charge is 2.36. The lowest BCUT2D eigenvalue weighted by Gasteiger charge is -2.34. The van der Waals surface area contributed by atoms with E-state index in [0.717, 1.165) is 35.6 Å². The molecule has 0 heterocycles. The number of hydrogen-bond donors (Lipinski definition) is 1. The zero-order valence-electron chi connectivity index (χ0n) is 27.0. The van der Waals surface area contributed by atoms with Gasteiger partial charge in [-0.15, -0.1) is 0 Å². The van der Waals surface area contributed by atoms with E-state index in [4.69, 9.17) is 9.47 Å². The first-order valence-corrected chi connectivity index (χ1v) is 17.3. The molecule has 5 rings (SSSR count). The van der Waals surface area contributed by atoms with Crippen molar-refractivity contribution in [1.82, 2.24) is 10.2 Å². The lowest BCUT2D eigenvalue weighted by Crippen LogP contribution is -2.54. The maximum atomic E-state index is 15.2. The summed E-state index contributed by atoms with van der Waals surface area (Å²) in [5.74, 6) is -0.971. The molecule has 0 aliphatic heterocycles. The number of amides is 2. The summed E-state index contributed by atoms with van der Waals surface area (Å²) in [7, 11) is -1.43. The van der Waals surface area contributed by atoms with Crippen LogP contribution in [0.2, 0.25) is 0 Å². The molecule has 1 fully saturated rings. The number of nitrogens with zero attached hydrogens (tertiary/aromatic N) is 2. The van der Waals surface area contributed by atoms with E-state index in [1.54, 1.807) is 42.5 Å². The zero-order chi connectivity index (χ0) is 34.1. The van der Waals surface area contributed by atoms with Crippen LogP contribution in [0, 0.1) is 5.82 Å². The highest BCUT2D eigenvalue weighted by molar-refractivity contribution is 7.92. The maximum Gasteiger partial charge on any atom is 0.264 e. The van der Waals surface area contributed by atoms with Gasteiger partial charge in [0.15, 0.2) is 11.5 Å². The fourth-order valence-electron chi connectivity index (χ4n) is 5.96. The van der Waals surface area contributed by atoms with Crippen LogP contribution in [0.5, 0.6) is 11.5 Å². The number of ether oxygens (including phenoxy) is 2. The Morgan fingerprint density at radius 3 is 2.12 bits per heavy atom. The normalized spacial score (nSPS) is 13.8. The van der Waals surface area contributed by atoms with Crippen LogP contribution in [0.4, 0.5) is 10.1 Å². The fraction of sp³-hybridized carbons (Fsp3) is 0.297. The van der Waals surface area contributed by atoms with Crippen molar-refractivity contribution >= 4 is 27.5 Å². The molecule has 0 bridgehead atoms. The van der Waals surface area contributed by atoms with Gasteiger partial charge in [0.1, 0.15) is 18.4 Å². The molecule has 9 nitrogen and oxygen atoms in total. The van der Waals surface area contributed by atoms with E-state index < -0.39 is 34.3 Å². The number of nitrogens with one attached hydrogen (secondary N) is 1. The molecule has 1 atom stereocenters. The van der Waals surface area contributed by atoms with Crippen molar-refractivity contribution in [3.05, 3.63) is 120 Å². The van der Waals surface area contributed by atoms with Crippen molar-refractivity contribution in [2.24, 2.45) is 0 Å². The van der Waals surface area contributed by atoms with Gasteiger partial charge in [-0.3, -0.25) is 13.9 Å². The molecule has 0 spiro atoms. The molecule has 4 aromatic rings. The molecule has 1 N–H and O–H groups in total. The number of anilines is 1. The van der Waals surface area contributed by atoms with Gasteiger partial charge >= 0.3 is 0 Å². The Balaban J connectivity index is 1.59. The Hall–Kier alpha value is -4.90. The molecular weight excluding hydrogens is 633 g/mol. The van der Waals surface area contributed by atoms with E-state index in [1.807, 2.05) is 30.3 Å². The van der Waals surface area contributed by atoms with Crippen LogP contribution in [-0.2, 0) is 32.6 Å². The molecule has 4 aromatic carbocycles. The van der Waals surface area contributed by atoms with E-state index in [0.29, 0.717) is 5.75 Å². The van der Waals surface area contributed by atoms with Gasteiger partial charge in [0.2, 0.25) is 11.8 Å². The second kappa shape index (κ2) is 15.8. The summed E-state index contributed by atoms with van der Waals surface area (Å²) in [6.07, 6.45) is 3.77. The van der Waals surface area contributed by atoms with Crippen LogP contribution >= 0.6 is 0 Å². The minimum Gasteiger partial charge on any atom is -0.493 e. The van der Waals surface area contributed by atoms with E-state index in [2.05, 4.69) is 5.32 Å². The highest BCUT2D eigenvalue weighted by Crippen LogP contribution is 2.34. The van der Waals surface area contributed by atoms with Crippen LogP contribution in [0.15, 0.2) is 108 Å². The predicted octanol–water partition coefficient (Wildman–Crippen LogP) is 5.74. The molecule has 0 unspecified atom stereocenters. The summed E-state index contributed by atoms with van der Waals surface area (Å²) >= 11 is 0. The van der Waals surface area contributed by atoms with Crippen molar-refractivity contribution in [2.45, 2.75) is 55.6 Å². The van der Waals surface area contributed by atoms with Gasteiger partial charge in [0, 0.05) is 30.6 Å². The first kappa shape index (κ1) is 34.4. The molecule has 0 radical (unpaired) electrons. The lowest BCUT2D eigenvalue weighted by molar-refractivity contribution is -0.140. The number of sulfonamides is 1. The van der Waals surface area contributed by atoms with Crippen LogP contribution in [0.3, 0.4) is 0 Å². The Kier molecular flexibility index (Phi) is 11.3. The van der Waals surface area contributed by atoms with E-state index in [1.165, 1.54) is 49.5 Å². The molecule has 11 heteroatoms. The zero-order valence-corrected chi connectivity index (χ0v) is 27.9. The van der Waals surface area contributed by atoms with Gasteiger partial charge < -0.3 is 19.7 Å². The van der Waals surface area contributed by atoms with Gasteiger partial charge in [-0.2, -0.15) is 0 Å². The maximum absolute atomic E-state index is 15.2. The molecule has 2 amide bonds. The van der Waals surface area contributed by atoms with Gasteiger partial charge in [-0.25, -0.2) is 12.8 Å². The number of carbonyl (C=O) groups excluding carboxylic acids is 2. The minimum atomic E-state index is -4.32. The first-order valence-electron chi connectivity index (χ1n) is 15.9. The molecular formula is C37H40FN3O6S. The number of benzene rings is 4. The Morgan fingerprint density at radius 2 is 1.48 bits per heavy atom. The van der Waals surface area contributed by atoms with Gasteiger partial charge in [0.05, 0.1) is 24.8 Å². The van der Waals surface area contributed by atoms with E-state index in [-0.39, 0.29) is 46.8 Å². The first-order chi connectivity index (χ1) is 23.2. The third-order valence-electron chi connectivity index (χ3n) is 8.54. The van der Waals surface area contributed by atoms with Gasteiger partial charge in [-0.1, -0.05) is 79.6 Å². The molecule has 1 saturated carbocycles. The molecule has 48 heavy (non-hydrogen) atoms. The SMILES string of the molecule is COc1ccc(N(CC(=O)N(Cc2ccccc2F)[C@@H](Cc2ccccc2)C(=O)NC2CCCC2)S(=O)(=O)c2ccccc2)cc1OC. The summed E-state index contributed by atoms with van der Waals surface area (Å²) in [5, 5.41) is 3.11. The summed E-state index contributed by atoms with van der Waals surface area (Å²) < 4.78 is 55.4. The number of hydrogen-bond acceptors (Lipinski definition) is 6. The van der Waals surface area contributed by atoms with Crippen molar-refractivity contribution in [1.29, 1.82) is 0 Å². The van der Waals surface area contributed by atoms with Gasteiger partial charge in [0.25, 0.3) is 10.0 Å². The summed E-state index contributed by atoms with van der Waals surface area (Å²) in [6.45, 7) is -0.935. The van der Waals surface area contributed by atoms with E-state index >= 15 is 4.39 Å². The topological polar surface area (TPSA) is 105 Å². The number of methoxy groups -OCH3 is 2. The molecule has 0 aromatic heterocycles. The van der Waals surface area contributed by atoms with Crippen molar-refractivity contribution in [2.75, 3.05) is 25.1 Å². The summed E-state index contributed by atoms with van der Waals surface area (Å²) in [5.41, 5.74) is 1.14. The lowest BCUT2D eigenvalue weighted by atomic mass is 10.0. The smallest absolute Gasteiger partial charge is 0.264 e. The van der Waals surface area contributed by atoms with E-state index in [9.17, 15) is 18.0 Å². The summed E-state index contributed by atoms with van der Waals surface area (Å²) in [4.78, 5) is 30.0. The molecule has 1 aliphatic carbocycles. The summed E-state index contributed by atoms with van der Waals surface area (Å²) in [6, 6.07) is 26.5. The number of halogens is 1.